The normalized spacial score (nSPS) is 27.6. The molecule has 2 atom stereocenters. The Labute approximate surface area is 125 Å². The summed E-state index contributed by atoms with van der Waals surface area (Å²) in [6, 6.07) is 8.44. The van der Waals surface area contributed by atoms with E-state index in [-0.39, 0.29) is 11.8 Å². The molecule has 0 aliphatic carbocycles. The SMILES string of the molecule is COCCCN1C(=S)NC2CC1(C)Oc1ccccc12. The summed E-state index contributed by atoms with van der Waals surface area (Å²) in [5.74, 6) is 0.956. The summed E-state index contributed by atoms with van der Waals surface area (Å²) in [7, 11) is 1.72. The van der Waals surface area contributed by atoms with Crippen molar-refractivity contribution in [2.75, 3.05) is 20.3 Å². The smallest absolute Gasteiger partial charge is 0.184 e. The summed E-state index contributed by atoms with van der Waals surface area (Å²) in [5, 5.41) is 4.22. The molecule has 5 heteroatoms. The van der Waals surface area contributed by atoms with Crippen molar-refractivity contribution in [2.45, 2.75) is 31.5 Å². The van der Waals surface area contributed by atoms with E-state index in [1.807, 2.05) is 18.2 Å². The van der Waals surface area contributed by atoms with Gasteiger partial charge in [-0.2, -0.15) is 0 Å². The highest BCUT2D eigenvalue weighted by molar-refractivity contribution is 7.80. The number of thiocarbonyl (C=S) groups is 1. The second kappa shape index (κ2) is 5.22. The Kier molecular flexibility index (Phi) is 3.56. The largest absolute Gasteiger partial charge is 0.468 e. The first-order valence-electron chi connectivity index (χ1n) is 6.99. The molecule has 2 heterocycles. The summed E-state index contributed by atoms with van der Waals surface area (Å²) in [6.45, 7) is 3.69. The molecular formula is C15H20N2O2S. The molecule has 2 bridgehead atoms. The fraction of sp³-hybridized carbons (Fsp3) is 0.533. The van der Waals surface area contributed by atoms with Gasteiger partial charge in [-0.25, -0.2) is 0 Å². The number of nitrogens with one attached hydrogen (secondary N) is 1. The van der Waals surface area contributed by atoms with Gasteiger partial charge in [0.1, 0.15) is 5.75 Å². The number of fused-ring (bicyclic) bond motifs is 4. The molecule has 108 valence electrons. The van der Waals surface area contributed by atoms with Gasteiger partial charge in [0.25, 0.3) is 0 Å². The van der Waals surface area contributed by atoms with Crippen LogP contribution in [0.15, 0.2) is 24.3 Å². The van der Waals surface area contributed by atoms with E-state index in [0.717, 1.165) is 36.9 Å². The Balaban J connectivity index is 1.86. The minimum atomic E-state index is -0.366. The van der Waals surface area contributed by atoms with Gasteiger partial charge in [0, 0.05) is 32.2 Å². The molecule has 3 rings (SSSR count). The van der Waals surface area contributed by atoms with Crippen LogP contribution in [0.25, 0.3) is 0 Å². The lowest BCUT2D eigenvalue weighted by atomic mass is 9.90. The average molecular weight is 292 g/mol. The quantitative estimate of drug-likeness (QED) is 0.681. The molecule has 0 aromatic heterocycles. The van der Waals surface area contributed by atoms with Crippen molar-refractivity contribution in [1.29, 1.82) is 0 Å². The zero-order valence-electron chi connectivity index (χ0n) is 11.9. The molecule has 1 fully saturated rings. The molecule has 20 heavy (non-hydrogen) atoms. The van der Waals surface area contributed by atoms with Gasteiger partial charge in [0.2, 0.25) is 0 Å². The van der Waals surface area contributed by atoms with Crippen LogP contribution < -0.4 is 10.1 Å². The molecule has 1 N–H and O–H groups in total. The Bertz CT molecular complexity index is 522. The lowest BCUT2D eigenvalue weighted by molar-refractivity contribution is -0.0698. The minimum absolute atomic E-state index is 0.246. The molecule has 0 radical (unpaired) electrons. The number of nitrogens with zero attached hydrogens (tertiary/aromatic N) is 1. The van der Waals surface area contributed by atoms with E-state index in [1.54, 1.807) is 7.11 Å². The third-order valence-electron chi connectivity index (χ3n) is 4.05. The molecule has 0 amide bonds. The summed E-state index contributed by atoms with van der Waals surface area (Å²) in [5.41, 5.74) is 0.832. The van der Waals surface area contributed by atoms with Crippen LogP contribution in [-0.2, 0) is 4.74 Å². The van der Waals surface area contributed by atoms with Crippen LogP contribution in [0.5, 0.6) is 5.75 Å². The maximum absolute atomic E-state index is 6.26. The molecule has 2 aliphatic rings. The van der Waals surface area contributed by atoms with Crippen LogP contribution in [-0.4, -0.2) is 36.0 Å². The molecule has 0 saturated carbocycles. The Morgan fingerprint density at radius 1 is 1.50 bits per heavy atom. The number of hydrogen-bond acceptors (Lipinski definition) is 3. The predicted octanol–water partition coefficient (Wildman–Crippen LogP) is 2.45. The Morgan fingerprint density at radius 3 is 3.10 bits per heavy atom. The number of para-hydroxylation sites is 1. The lowest BCUT2D eigenvalue weighted by Gasteiger charge is -2.52. The van der Waals surface area contributed by atoms with Crippen molar-refractivity contribution in [1.82, 2.24) is 10.2 Å². The highest BCUT2D eigenvalue weighted by Gasteiger charge is 2.47. The van der Waals surface area contributed by atoms with Gasteiger partial charge in [-0.05, 0) is 31.6 Å². The maximum atomic E-state index is 6.26. The van der Waals surface area contributed by atoms with Gasteiger partial charge >= 0.3 is 0 Å². The van der Waals surface area contributed by atoms with E-state index in [1.165, 1.54) is 5.56 Å². The molecule has 1 saturated heterocycles. The van der Waals surface area contributed by atoms with Crippen LogP contribution in [0.1, 0.15) is 31.4 Å². The highest BCUT2D eigenvalue weighted by atomic mass is 32.1. The van der Waals surface area contributed by atoms with Crippen LogP contribution in [0, 0.1) is 0 Å². The van der Waals surface area contributed by atoms with Crippen LogP contribution >= 0.6 is 12.2 Å². The molecular weight excluding hydrogens is 272 g/mol. The van der Waals surface area contributed by atoms with Gasteiger partial charge in [-0.15, -0.1) is 0 Å². The number of methoxy groups -OCH3 is 1. The van der Waals surface area contributed by atoms with E-state index >= 15 is 0 Å². The number of ether oxygens (including phenoxy) is 2. The standard InChI is InChI=1S/C15H20N2O2S/c1-15-10-12(11-6-3-4-7-13(11)19-15)16-14(20)17(15)8-5-9-18-2/h3-4,6-7,12H,5,8-10H2,1-2H3,(H,16,20). The second-order valence-corrected chi connectivity index (χ2v) is 5.91. The summed E-state index contributed by atoms with van der Waals surface area (Å²) in [4.78, 5) is 2.15. The molecule has 4 nitrogen and oxygen atoms in total. The first-order valence-corrected chi connectivity index (χ1v) is 7.40. The summed E-state index contributed by atoms with van der Waals surface area (Å²) >= 11 is 5.53. The number of rotatable bonds is 4. The van der Waals surface area contributed by atoms with Crippen LogP contribution in [0.3, 0.4) is 0 Å². The van der Waals surface area contributed by atoms with Gasteiger partial charge in [0.15, 0.2) is 10.8 Å². The van der Waals surface area contributed by atoms with E-state index in [2.05, 4.69) is 23.2 Å². The van der Waals surface area contributed by atoms with E-state index in [0.29, 0.717) is 0 Å². The van der Waals surface area contributed by atoms with Crippen molar-refractivity contribution in [3.8, 4) is 5.75 Å². The molecule has 1 aromatic rings. The lowest BCUT2D eigenvalue weighted by Crippen LogP contribution is -2.64. The Hall–Kier alpha value is -1.33. The highest BCUT2D eigenvalue weighted by Crippen LogP contribution is 2.43. The first kappa shape index (κ1) is 13.6. The Morgan fingerprint density at radius 2 is 2.30 bits per heavy atom. The van der Waals surface area contributed by atoms with Crippen LogP contribution in [0.2, 0.25) is 0 Å². The van der Waals surface area contributed by atoms with Crippen LogP contribution in [0.4, 0.5) is 0 Å². The van der Waals surface area contributed by atoms with Crippen molar-refractivity contribution < 1.29 is 9.47 Å². The maximum Gasteiger partial charge on any atom is 0.184 e. The van der Waals surface area contributed by atoms with E-state index in [4.69, 9.17) is 21.7 Å². The van der Waals surface area contributed by atoms with Gasteiger partial charge in [-0.1, -0.05) is 18.2 Å². The summed E-state index contributed by atoms with van der Waals surface area (Å²) < 4.78 is 11.4. The van der Waals surface area contributed by atoms with Gasteiger partial charge < -0.3 is 19.7 Å². The fourth-order valence-corrected chi connectivity index (χ4v) is 3.50. The van der Waals surface area contributed by atoms with E-state index in [9.17, 15) is 0 Å². The second-order valence-electron chi connectivity index (χ2n) is 5.52. The zero-order chi connectivity index (χ0) is 14.2. The van der Waals surface area contributed by atoms with Crippen molar-refractivity contribution in [3.05, 3.63) is 29.8 Å². The molecule has 2 aliphatic heterocycles. The predicted molar refractivity (Wildman–Crippen MR) is 81.8 cm³/mol. The van der Waals surface area contributed by atoms with Crippen molar-refractivity contribution in [3.63, 3.8) is 0 Å². The molecule has 1 aromatic carbocycles. The van der Waals surface area contributed by atoms with Gasteiger partial charge in [-0.3, -0.25) is 0 Å². The third kappa shape index (κ3) is 2.25. The topological polar surface area (TPSA) is 33.7 Å². The van der Waals surface area contributed by atoms with Crippen molar-refractivity contribution in [2.24, 2.45) is 0 Å². The molecule has 2 unspecified atom stereocenters. The monoisotopic (exact) mass is 292 g/mol. The fourth-order valence-electron chi connectivity index (χ4n) is 3.07. The number of benzene rings is 1. The number of hydrogen-bond donors (Lipinski definition) is 1. The third-order valence-corrected chi connectivity index (χ3v) is 4.39. The van der Waals surface area contributed by atoms with Crippen molar-refractivity contribution >= 4 is 17.3 Å². The van der Waals surface area contributed by atoms with E-state index < -0.39 is 0 Å². The zero-order valence-corrected chi connectivity index (χ0v) is 12.7. The summed E-state index contributed by atoms with van der Waals surface area (Å²) in [6.07, 6.45) is 1.83. The van der Waals surface area contributed by atoms with Gasteiger partial charge in [0.05, 0.1) is 6.04 Å². The minimum Gasteiger partial charge on any atom is -0.468 e. The molecule has 0 spiro atoms. The first-order chi connectivity index (χ1) is 9.64. The average Bonchev–Trinajstić information content (AvgIpc) is 2.42.